The van der Waals surface area contributed by atoms with Crippen molar-refractivity contribution in [3.05, 3.63) is 35.9 Å². The summed E-state index contributed by atoms with van der Waals surface area (Å²) >= 11 is 0. The molecule has 0 spiro atoms. The quantitative estimate of drug-likeness (QED) is 0.904. The molecule has 0 atom stereocenters. The Kier molecular flexibility index (Phi) is 6.08. The van der Waals surface area contributed by atoms with Crippen LogP contribution in [0.2, 0.25) is 0 Å². The molecule has 4 nitrogen and oxygen atoms in total. The van der Waals surface area contributed by atoms with E-state index in [-0.39, 0.29) is 6.09 Å². The van der Waals surface area contributed by atoms with Gasteiger partial charge in [0.1, 0.15) is 5.60 Å². The number of amides is 1. The van der Waals surface area contributed by atoms with Gasteiger partial charge < -0.3 is 15.0 Å². The van der Waals surface area contributed by atoms with Crippen LogP contribution in [0.1, 0.15) is 45.6 Å². The maximum atomic E-state index is 11.6. The summed E-state index contributed by atoms with van der Waals surface area (Å²) in [5, 5.41) is 2.73. The Labute approximate surface area is 139 Å². The van der Waals surface area contributed by atoms with Gasteiger partial charge in [0.25, 0.3) is 0 Å². The molecule has 1 aromatic carbocycles. The van der Waals surface area contributed by atoms with E-state index in [2.05, 4.69) is 34.5 Å². The third-order valence-corrected chi connectivity index (χ3v) is 3.66. The van der Waals surface area contributed by atoms with Crippen molar-refractivity contribution in [1.82, 2.24) is 5.32 Å². The Morgan fingerprint density at radius 1 is 1.26 bits per heavy atom. The maximum absolute atomic E-state index is 11.6. The molecule has 126 valence electrons. The number of benzene rings is 1. The van der Waals surface area contributed by atoms with Crippen LogP contribution < -0.4 is 10.2 Å². The zero-order chi connectivity index (χ0) is 16.7. The molecule has 1 aliphatic heterocycles. The summed E-state index contributed by atoms with van der Waals surface area (Å²) in [7, 11) is 0. The number of carbonyl (C=O) groups is 1. The number of nitrogens with one attached hydrogen (secondary N) is 1. The van der Waals surface area contributed by atoms with Crippen molar-refractivity contribution in [3.63, 3.8) is 0 Å². The van der Waals surface area contributed by atoms with E-state index in [1.54, 1.807) is 0 Å². The summed E-state index contributed by atoms with van der Waals surface area (Å²) < 4.78 is 5.20. The SMILES string of the molecule is CC(C)(C)OC(=O)NCC=Cc1cccc(N2CCCCC2)c1. The monoisotopic (exact) mass is 316 g/mol. The van der Waals surface area contributed by atoms with Gasteiger partial charge in [0.05, 0.1) is 0 Å². The van der Waals surface area contributed by atoms with Gasteiger partial charge in [0.2, 0.25) is 0 Å². The van der Waals surface area contributed by atoms with Gasteiger partial charge >= 0.3 is 6.09 Å². The molecule has 23 heavy (non-hydrogen) atoms. The Morgan fingerprint density at radius 2 is 2.00 bits per heavy atom. The molecule has 0 unspecified atom stereocenters. The minimum atomic E-state index is -0.462. The Balaban J connectivity index is 1.84. The highest BCUT2D eigenvalue weighted by atomic mass is 16.6. The van der Waals surface area contributed by atoms with Crippen LogP contribution in [0.4, 0.5) is 10.5 Å². The fraction of sp³-hybridized carbons (Fsp3) is 0.526. The highest BCUT2D eigenvalue weighted by Crippen LogP contribution is 2.21. The molecule has 0 aromatic heterocycles. The van der Waals surface area contributed by atoms with E-state index in [4.69, 9.17) is 4.74 Å². The van der Waals surface area contributed by atoms with E-state index < -0.39 is 5.60 Å². The van der Waals surface area contributed by atoms with Crippen LogP contribution in [0, 0.1) is 0 Å². The predicted octanol–water partition coefficient (Wildman–Crippen LogP) is 4.21. The molecule has 4 heteroatoms. The van der Waals surface area contributed by atoms with Gasteiger partial charge in [-0.3, -0.25) is 0 Å². The van der Waals surface area contributed by atoms with Crippen LogP contribution in [0.5, 0.6) is 0 Å². The molecule has 0 aliphatic carbocycles. The number of ether oxygens (including phenoxy) is 1. The summed E-state index contributed by atoms with van der Waals surface area (Å²) in [6.07, 6.45) is 7.49. The molecular weight excluding hydrogens is 288 g/mol. The van der Waals surface area contributed by atoms with E-state index in [1.807, 2.05) is 32.9 Å². The van der Waals surface area contributed by atoms with Gasteiger partial charge in [-0.05, 0) is 57.7 Å². The lowest BCUT2D eigenvalue weighted by atomic mass is 10.1. The number of nitrogens with zero attached hydrogens (tertiary/aromatic N) is 1. The van der Waals surface area contributed by atoms with Crippen molar-refractivity contribution in [2.75, 3.05) is 24.5 Å². The van der Waals surface area contributed by atoms with E-state index in [0.29, 0.717) is 6.54 Å². The molecule has 1 fully saturated rings. The maximum Gasteiger partial charge on any atom is 0.407 e. The molecule has 2 rings (SSSR count). The average molecular weight is 316 g/mol. The number of alkyl carbamates (subject to hydrolysis) is 1. The van der Waals surface area contributed by atoms with E-state index in [0.717, 1.165) is 18.7 Å². The van der Waals surface area contributed by atoms with Crippen molar-refractivity contribution < 1.29 is 9.53 Å². The van der Waals surface area contributed by atoms with Crippen molar-refractivity contribution in [3.8, 4) is 0 Å². The van der Waals surface area contributed by atoms with Crippen molar-refractivity contribution >= 4 is 17.9 Å². The molecule has 1 saturated heterocycles. The number of rotatable bonds is 4. The number of hydrogen-bond acceptors (Lipinski definition) is 3. The third kappa shape index (κ3) is 6.35. The van der Waals surface area contributed by atoms with Gasteiger partial charge in [-0.1, -0.05) is 24.3 Å². The van der Waals surface area contributed by atoms with E-state index in [1.165, 1.54) is 24.9 Å². The van der Waals surface area contributed by atoms with Crippen molar-refractivity contribution in [2.45, 2.75) is 45.6 Å². The highest BCUT2D eigenvalue weighted by Gasteiger charge is 2.15. The fourth-order valence-electron chi connectivity index (χ4n) is 2.63. The summed E-state index contributed by atoms with van der Waals surface area (Å²) in [6, 6.07) is 8.54. The zero-order valence-electron chi connectivity index (χ0n) is 14.5. The Morgan fingerprint density at radius 3 is 2.70 bits per heavy atom. The first-order chi connectivity index (χ1) is 10.9. The number of anilines is 1. The van der Waals surface area contributed by atoms with Gasteiger partial charge in [0, 0.05) is 25.3 Å². The largest absolute Gasteiger partial charge is 0.444 e. The van der Waals surface area contributed by atoms with Crippen LogP contribution >= 0.6 is 0 Å². The number of piperidine rings is 1. The van der Waals surface area contributed by atoms with Crippen LogP contribution in [-0.2, 0) is 4.74 Å². The standard InChI is InChI=1S/C19H28N2O2/c1-19(2,3)23-18(22)20-12-8-10-16-9-7-11-17(15-16)21-13-5-4-6-14-21/h7-11,15H,4-6,12-14H2,1-3H3,(H,20,22). The van der Waals surface area contributed by atoms with E-state index >= 15 is 0 Å². The molecule has 1 aliphatic rings. The van der Waals surface area contributed by atoms with Crippen molar-refractivity contribution in [1.29, 1.82) is 0 Å². The molecule has 0 bridgehead atoms. The van der Waals surface area contributed by atoms with Gasteiger partial charge in [0.15, 0.2) is 0 Å². The summed E-state index contributed by atoms with van der Waals surface area (Å²) in [5.74, 6) is 0. The smallest absolute Gasteiger partial charge is 0.407 e. The first kappa shape index (κ1) is 17.4. The third-order valence-electron chi connectivity index (χ3n) is 3.66. The lowest BCUT2D eigenvalue weighted by molar-refractivity contribution is 0.0534. The molecule has 0 saturated carbocycles. The second-order valence-electron chi connectivity index (χ2n) is 6.93. The fourth-order valence-corrected chi connectivity index (χ4v) is 2.63. The molecule has 1 aromatic rings. The van der Waals surface area contributed by atoms with Crippen LogP contribution in [0.3, 0.4) is 0 Å². The molecule has 0 radical (unpaired) electrons. The van der Waals surface area contributed by atoms with Gasteiger partial charge in [-0.25, -0.2) is 4.79 Å². The average Bonchev–Trinajstić information content (AvgIpc) is 2.51. The second kappa shape index (κ2) is 8.04. The summed E-state index contributed by atoms with van der Waals surface area (Å²) in [4.78, 5) is 14.0. The number of hydrogen-bond donors (Lipinski definition) is 1. The molecular formula is C19H28N2O2. The first-order valence-corrected chi connectivity index (χ1v) is 8.42. The van der Waals surface area contributed by atoms with E-state index in [9.17, 15) is 4.79 Å². The molecule has 1 heterocycles. The Hall–Kier alpha value is -1.97. The van der Waals surface area contributed by atoms with Gasteiger partial charge in [-0.2, -0.15) is 0 Å². The summed E-state index contributed by atoms with van der Waals surface area (Å²) in [5.41, 5.74) is 1.97. The molecule has 1 N–H and O–H groups in total. The van der Waals surface area contributed by atoms with Crippen LogP contribution in [0.15, 0.2) is 30.3 Å². The lowest BCUT2D eigenvalue weighted by Crippen LogP contribution is -2.32. The summed E-state index contributed by atoms with van der Waals surface area (Å²) in [6.45, 7) is 8.32. The van der Waals surface area contributed by atoms with Gasteiger partial charge in [-0.15, -0.1) is 0 Å². The minimum absolute atomic E-state index is 0.385. The number of carbonyl (C=O) groups excluding carboxylic acids is 1. The highest BCUT2D eigenvalue weighted by molar-refractivity contribution is 5.68. The molecule has 1 amide bonds. The van der Waals surface area contributed by atoms with Crippen LogP contribution in [-0.4, -0.2) is 31.3 Å². The Bertz CT molecular complexity index is 541. The zero-order valence-corrected chi connectivity index (χ0v) is 14.5. The first-order valence-electron chi connectivity index (χ1n) is 8.42. The minimum Gasteiger partial charge on any atom is -0.444 e. The van der Waals surface area contributed by atoms with Crippen LogP contribution in [0.25, 0.3) is 6.08 Å². The normalized spacial score (nSPS) is 15.7. The predicted molar refractivity (Wildman–Crippen MR) is 95.8 cm³/mol. The lowest BCUT2D eigenvalue weighted by Gasteiger charge is -2.29. The second-order valence-corrected chi connectivity index (χ2v) is 6.93. The topological polar surface area (TPSA) is 41.6 Å². The van der Waals surface area contributed by atoms with Crippen molar-refractivity contribution in [2.24, 2.45) is 0 Å².